The van der Waals surface area contributed by atoms with E-state index in [1.807, 2.05) is 13.8 Å². The van der Waals surface area contributed by atoms with E-state index in [1.165, 1.54) is 0 Å². The summed E-state index contributed by atoms with van der Waals surface area (Å²) in [6.45, 7) is 11.6. The number of likely N-dealkylation sites (tertiary alicyclic amines) is 1. The molecular weight excluding hydrogens is 228 g/mol. The van der Waals surface area contributed by atoms with Gasteiger partial charge in [-0.3, -0.25) is 4.79 Å². The minimum atomic E-state index is -0.424. The molecular formula is C14H28N2O2. The smallest absolute Gasteiger partial charge is 0.239 e. The Labute approximate surface area is 111 Å². The van der Waals surface area contributed by atoms with Gasteiger partial charge in [-0.05, 0) is 18.3 Å². The van der Waals surface area contributed by atoms with Crippen LogP contribution in [0.2, 0.25) is 0 Å². The summed E-state index contributed by atoms with van der Waals surface area (Å²) in [4.78, 5) is 13.9. The fourth-order valence-corrected chi connectivity index (χ4v) is 2.50. The highest BCUT2D eigenvalue weighted by molar-refractivity contribution is 5.84. The zero-order chi connectivity index (χ0) is 13.9. The van der Waals surface area contributed by atoms with Gasteiger partial charge in [-0.15, -0.1) is 0 Å². The van der Waals surface area contributed by atoms with Gasteiger partial charge >= 0.3 is 0 Å². The van der Waals surface area contributed by atoms with Crippen molar-refractivity contribution in [3.8, 4) is 0 Å². The first-order chi connectivity index (χ1) is 8.19. The molecule has 4 nitrogen and oxygen atoms in total. The third kappa shape index (κ3) is 4.94. The van der Waals surface area contributed by atoms with Crippen molar-refractivity contribution in [1.82, 2.24) is 10.2 Å². The molecule has 1 saturated heterocycles. The third-order valence-corrected chi connectivity index (χ3v) is 3.11. The van der Waals surface area contributed by atoms with E-state index >= 15 is 0 Å². The number of nitrogens with zero attached hydrogens (tertiary/aromatic N) is 1. The average molecular weight is 256 g/mol. The lowest BCUT2D eigenvalue weighted by atomic mass is 9.89. The summed E-state index contributed by atoms with van der Waals surface area (Å²) >= 11 is 0. The number of hydrogen-bond acceptors (Lipinski definition) is 3. The fraction of sp³-hybridized carbons (Fsp3) is 0.929. The van der Waals surface area contributed by atoms with Crippen molar-refractivity contribution in [2.75, 3.05) is 13.1 Å². The van der Waals surface area contributed by atoms with Gasteiger partial charge in [0.15, 0.2) is 0 Å². The van der Waals surface area contributed by atoms with Crippen molar-refractivity contribution in [1.29, 1.82) is 0 Å². The molecule has 0 aromatic rings. The summed E-state index contributed by atoms with van der Waals surface area (Å²) in [5, 5.41) is 13.3. The molecule has 106 valence electrons. The molecule has 1 rings (SSSR count). The second-order valence-corrected chi connectivity index (χ2v) is 6.87. The van der Waals surface area contributed by atoms with E-state index in [0.717, 1.165) is 19.4 Å². The van der Waals surface area contributed by atoms with Gasteiger partial charge in [0.1, 0.15) is 0 Å². The number of nitrogens with one attached hydrogen (secondary N) is 1. The van der Waals surface area contributed by atoms with Gasteiger partial charge in [0.25, 0.3) is 0 Å². The summed E-state index contributed by atoms with van der Waals surface area (Å²) in [7, 11) is 0. The zero-order valence-corrected chi connectivity index (χ0v) is 12.4. The van der Waals surface area contributed by atoms with Crippen LogP contribution in [0.1, 0.15) is 47.5 Å². The predicted octanol–water partition coefficient (Wildman–Crippen LogP) is 1.38. The number of rotatable bonds is 5. The Hall–Kier alpha value is -0.610. The summed E-state index contributed by atoms with van der Waals surface area (Å²) < 4.78 is 0. The molecule has 1 aliphatic heterocycles. The molecule has 1 aliphatic rings. The Morgan fingerprint density at radius 2 is 2.06 bits per heavy atom. The van der Waals surface area contributed by atoms with E-state index in [-0.39, 0.29) is 17.4 Å². The molecule has 1 fully saturated rings. The van der Waals surface area contributed by atoms with Gasteiger partial charge in [-0.1, -0.05) is 34.6 Å². The quantitative estimate of drug-likeness (QED) is 0.781. The lowest BCUT2D eigenvalue weighted by Gasteiger charge is -2.26. The van der Waals surface area contributed by atoms with Crippen molar-refractivity contribution >= 4 is 5.91 Å². The topological polar surface area (TPSA) is 52.6 Å². The van der Waals surface area contributed by atoms with Crippen molar-refractivity contribution in [2.24, 2.45) is 5.41 Å². The molecule has 0 radical (unpaired) electrons. The summed E-state index contributed by atoms with van der Waals surface area (Å²) in [5.74, 6) is 0.136. The molecule has 2 N–H and O–H groups in total. The van der Waals surface area contributed by atoms with Crippen LogP contribution in [0.4, 0.5) is 0 Å². The van der Waals surface area contributed by atoms with Crippen molar-refractivity contribution in [2.45, 2.75) is 65.6 Å². The Kier molecular flexibility index (Phi) is 5.17. The van der Waals surface area contributed by atoms with Crippen LogP contribution in [-0.2, 0) is 4.79 Å². The first kappa shape index (κ1) is 15.4. The predicted molar refractivity (Wildman–Crippen MR) is 73.3 cm³/mol. The normalized spacial score (nSPS) is 22.9. The number of hydrogen-bond donors (Lipinski definition) is 2. The molecule has 0 aromatic heterocycles. The molecule has 0 aliphatic carbocycles. The second kappa shape index (κ2) is 6.02. The minimum absolute atomic E-state index is 0.0631. The van der Waals surface area contributed by atoms with Crippen molar-refractivity contribution < 1.29 is 9.90 Å². The number of carbonyl (C=O) groups excluding carboxylic acids is 1. The third-order valence-electron chi connectivity index (χ3n) is 3.11. The van der Waals surface area contributed by atoms with E-state index in [4.69, 9.17) is 0 Å². The molecule has 0 saturated carbocycles. The maximum Gasteiger partial charge on any atom is 0.239 e. The molecule has 2 unspecified atom stereocenters. The Morgan fingerprint density at radius 1 is 1.44 bits per heavy atom. The molecule has 1 heterocycles. The van der Waals surface area contributed by atoms with Crippen molar-refractivity contribution in [3.05, 3.63) is 0 Å². The lowest BCUT2D eigenvalue weighted by Crippen LogP contribution is -2.43. The standard InChI is InChI=1S/C14H28N2O2/c1-10(2)15-12-6-7-16(13(12)18)9-11(17)8-14(3,4)5/h10-12,15,17H,6-9H2,1-5H3. The highest BCUT2D eigenvalue weighted by atomic mass is 16.3. The minimum Gasteiger partial charge on any atom is -0.391 e. The van der Waals surface area contributed by atoms with Crippen LogP contribution in [0, 0.1) is 5.41 Å². The fourth-order valence-electron chi connectivity index (χ4n) is 2.50. The number of carbonyl (C=O) groups is 1. The molecule has 2 atom stereocenters. The van der Waals surface area contributed by atoms with Crippen LogP contribution >= 0.6 is 0 Å². The molecule has 0 bridgehead atoms. The van der Waals surface area contributed by atoms with E-state index in [0.29, 0.717) is 12.6 Å². The first-order valence-electron chi connectivity index (χ1n) is 6.92. The number of β-amino-alcohol motifs (C(OH)–C–C–N with tert-alkyl or cyclic N) is 1. The van der Waals surface area contributed by atoms with Gasteiger partial charge in [0.05, 0.1) is 12.1 Å². The van der Waals surface area contributed by atoms with Gasteiger partial charge < -0.3 is 15.3 Å². The second-order valence-electron chi connectivity index (χ2n) is 6.87. The molecule has 0 aromatic carbocycles. The molecule has 4 heteroatoms. The van der Waals surface area contributed by atoms with E-state index in [2.05, 4.69) is 26.1 Å². The number of aliphatic hydroxyl groups excluding tert-OH is 1. The zero-order valence-electron chi connectivity index (χ0n) is 12.4. The molecule has 1 amide bonds. The van der Waals surface area contributed by atoms with Gasteiger partial charge in [0.2, 0.25) is 5.91 Å². The van der Waals surface area contributed by atoms with Gasteiger partial charge in [0, 0.05) is 19.1 Å². The summed E-state index contributed by atoms with van der Waals surface area (Å²) in [6.07, 6.45) is 1.14. The maximum absolute atomic E-state index is 12.1. The van der Waals surface area contributed by atoms with Gasteiger partial charge in [-0.2, -0.15) is 0 Å². The van der Waals surface area contributed by atoms with Crippen LogP contribution in [0.25, 0.3) is 0 Å². The summed E-state index contributed by atoms with van der Waals surface area (Å²) in [6, 6.07) is 0.255. The summed E-state index contributed by atoms with van der Waals surface area (Å²) in [5.41, 5.74) is 0.0950. The first-order valence-corrected chi connectivity index (χ1v) is 6.92. The molecule has 0 spiro atoms. The van der Waals surface area contributed by atoms with Crippen molar-refractivity contribution in [3.63, 3.8) is 0 Å². The van der Waals surface area contributed by atoms with E-state index in [9.17, 15) is 9.90 Å². The van der Waals surface area contributed by atoms with Crippen LogP contribution in [0.5, 0.6) is 0 Å². The highest BCUT2D eigenvalue weighted by Crippen LogP contribution is 2.22. The van der Waals surface area contributed by atoms with Crippen LogP contribution < -0.4 is 5.32 Å². The van der Waals surface area contributed by atoms with Crippen LogP contribution in [-0.4, -0.2) is 47.2 Å². The van der Waals surface area contributed by atoms with Crippen LogP contribution in [0.15, 0.2) is 0 Å². The monoisotopic (exact) mass is 256 g/mol. The maximum atomic E-state index is 12.1. The van der Waals surface area contributed by atoms with Gasteiger partial charge in [-0.25, -0.2) is 0 Å². The van der Waals surface area contributed by atoms with E-state index in [1.54, 1.807) is 4.90 Å². The Bertz CT molecular complexity index is 284. The average Bonchev–Trinajstić information content (AvgIpc) is 2.46. The number of amides is 1. The number of aliphatic hydroxyl groups is 1. The Morgan fingerprint density at radius 3 is 2.56 bits per heavy atom. The molecule has 18 heavy (non-hydrogen) atoms. The largest absolute Gasteiger partial charge is 0.391 e. The lowest BCUT2D eigenvalue weighted by molar-refractivity contribution is -0.131. The highest BCUT2D eigenvalue weighted by Gasteiger charge is 2.33. The SMILES string of the molecule is CC(C)NC1CCN(CC(O)CC(C)(C)C)C1=O. The Balaban J connectivity index is 2.43. The van der Waals surface area contributed by atoms with Crippen LogP contribution in [0.3, 0.4) is 0 Å². The van der Waals surface area contributed by atoms with E-state index < -0.39 is 6.10 Å².